The summed E-state index contributed by atoms with van der Waals surface area (Å²) in [7, 11) is 0. The third kappa shape index (κ3) is 4.24. The zero-order valence-corrected chi connectivity index (χ0v) is 13.1. The fourth-order valence-corrected chi connectivity index (χ4v) is 2.95. The zero-order chi connectivity index (χ0) is 13.8. The van der Waals surface area contributed by atoms with Crippen molar-refractivity contribution in [2.75, 3.05) is 19.6 Å². The Morgan fingerprint density at radius 2 is 1.61 bits per heavy atom. The van der Waals surface area contributed by atoms with Gasteiger partial charge in [-0.2, -0.15) is 0 Å². The smallest absolute Gasteiger partial charge is 0.0600 e. The van der Waals surface area contributed by atoms with Gasteiger partial charge in [0.25, 0.3) is 0 Å². The van der Waals surface area contributed by atoms with E-state index in [9.17, 15) is 5.11 Å². The van der Waals surface area contributed by atoms with Gasteiger partial charge in [0.15, 0.2) is 0 Å². The predicted molar refractivity (Wildman–Crippen MR) is 78.8 cm³/mol. The van der Waals surface area contributed by atoms with Crippen molar-refractivity contribution in [3.63, 3.8) is 0 Å². The summed E-state index contributed by atoms with van der Waals surface area (Å²) in [6, 6.07) is 0. The summed E-state index contributed by atoms with van der Waals surface area (Å²) < 4.78 is 0. The molecule has 2 nitrogen and oxygen atoms in total. The molecule has 1 fully saturated rings. The van der Waals surface area contributed by atoms with Gasteiger partial charge in [0, 0.05) is 6.54 Å². The minimum Gasteiger partial charge on any atom is -0.393 e. The van der Waals surface area contributed by atoms with Crippen molar-refractivity contribution in [2.45, 2.75) is 72.8 Å². The molecule has 1 heterocycles. The van der Waals surface area contributed by atoms with Crippen LogP contribution in [0.4, 0.5) is 0 Å². The highest BCUT2D eigenvalue weighted by molar-refractivity contribution is 4.84. The Morgan fingerprint density at radius 1 is 1.11 bits per heavy atom. The summed E-state index contributed by atoms with van der Waals surface area (Å²) in [6.45, 7) is 14.5. The number of aliphatic hydroxyl groups excluding tert-OH is 1. The summed E-state index contributed by atoms with van der Waals surface area (Å²) in [5.74, 6) is 0. The molecule has 0 aromatic rings. The zero-order valence-electron chi connectivity index (χ0n) is 13.1. The Labute approximate surface area is 114 Å². The van der Waals surface area contributed by atoms with Crippen LogP contribution in [-0.2, 0) is 0 Å². The average Bonchev–Trinajstić information content (AvgIpc) is 2.35. The first kappa shape index (κ1) is 16.0. The number of likely N-dealkylation sites (tertiary alicyclic amines) is 1. The van der Waals surface area contributed by atoms with Crippen molar-refractivity contribution in [3.05, 3.63) is 0 Å². The molecule has 0 aromatic carbocycles. The van der Waals surface area contributed by atoms with Crippen LogP contribution in [0.25, 0.3) is 0 Å². The van der Waals surface area contributed by atoms with Crippen molar-refractivity contribution in [3.8, 4) is 0 Å². The molecule has 0 aromatic heterocycles. The van der Waals surface area contributed by atoms with Crippen LogP contribution < -0.4 is 0 Å². The van der Waals surface area contributed by atoms with Gasteiger partial charge in [0.1, 0.15) is 0 Å². The number of hydrogen-bond donors (Lipinski definition) is 1. The molecule has 1 N–H and O–H groups in total. The Kier molecular flexibility index (Phi) is 5.67. The van der Waals surface area contributed by atoms with Crippen LogP contribution in [-0.4, -0.2) is 35.7 Å². The van der Waals surface area contributed by atoms with Crippen molar-refractivity contribution in [1.29, 1.82) is 0 Å². The normalized spacial score (nSPS) is 23.0. The first-order valence-electron chi connectivity index (χ1n) is 7.73. The van der Waals surface area contributed by atoms with E-state index in [1.807, 2.05) is 0 Å². The molecule has 2 heteroatoms. The molecule has 0 aliphatic carbocycles. The van der Waals surface area contributed by atoms with E-state index in [0.29, 0.717) is 5.41 Å². The maximum absolute atomic E-state index is 10.1. The number of hydrogen-bond acceptors (Lipinski definition) is 2. The lowest BCUT2D eigenvalue weighted by Gasteiger charge is -2.41. The number of piperidine rings is 1. The maximum atomic E-state index is 10.1. The topological polar surface area (TPSA) is 23.5 Å². The van der Waals surface area contributed by atoms with Gasteiger partial charge in [-0.15, -0.1) is 0 Å². The van der Waals surface area contributed by atoms with Gasteiger partial charge >= 0.3 is 0 Å². The largest absolute Gasteiger partial charge is 0.393 e. The fraction of sp³-hybridized carbons (Fsp3) is 1.00. The maximum Gasteiger partial charge on any atom is 0.0600 e. The first-order chi connectivity index (χ1) is 8.33. The lowest BCUT2D eigenvalue weighted by atomic mass is 9.74. The lowest BCUT2D eigenvalue weighted by Crippen LogP contribution is -2.41. The van der Waals surface area contributed by atoms with Crippen molar-refractivity contribution in [1.82, 2.24) is 4.90 Å². The standard InChI is InChI=1S/C16H33NO/c1-6-16(7-2)9-12-17(13-10-16)11-8-14(18)15(3,4)5/h14,18H,6-13H2,1-5H3. The Morgan fingerprint density at radius 3 is 2.00 bits per heavy atom. The molecule has 0 bridgehead atoms. The minimum absolute atomic E-state index is 0.0202. The number of nitrogens with zero attached hydrogens (tertiary/aromatic N) is 1. The molecule has 1 saturated heterocycles. The SMILES string of the molecule is CCC1(CC)CCN(CCC(O)C(C)(C)C)CC1. The minimum atomic E-state index is -0.179. The molecule has 0 amide bonds. The van der Waals surface area contributed by atoms with Crippen molar-refractivity contribution in [2.24, 2.45) is 10.8 Å². The van der Waals surface area contributed by atoms with Crippen LogP contribution in [0.3, 0.4) is 0 Å². The summed E-state index contributed by atoms with van der Waals surface area (Å²) >= 11 is 0. The van der Waals surface area contributed by atoms with Gasteiger partial charge in [-0.25, -0.2) is 0 Å². The monoisotopic (exact) mass is 255 g/mol. The Bertz CT molecular complexity index is 230. The van der Waals surface area contributed by atoms with E-state index >= 15 is 0 Å². The predicted octanol–water partition coefficient (Wildman–Crippen LogP) is 3.69. The fourth-order valence-electron chi connectivity index (χ4n) is 2.95. The lowest BCUT2D eigenvalue weighted by molar-refractivity contribution is 0.0331. The van der Waals surface area contributed by atoms with Gasteiger partial charge in [-0.05, 0) is 43.2 Å². The Balaban J connectivity index is 2.32. The van der Waals surface area contributed by atoms with Gasteiger partial charge < -0.3 is 10.0 Å². The van der Waals surface area contributed by atoms with E-state index in [-0.39, 0.29) is 11.5 Å². The molecule has 1 rings (SSSR count). The second kappa shape index (κ2) is 6.38. The summed E-state index contributed by atoms with van der Waals surface area (Å²) in [4.78, 5) is 2.54. The highest BCUT2D eigenvalue weighted by Crippen LogP contribution is 2.38. The molecule has 1 aliphatic heterocycles. The van der Waals surface area contributed by atoms with Gasteiger partial charge in [0.05, 0.1) is 6.10 Å². The van der Waals surface area contributed by atoms with Gasteiger partial charge in [-0.1, -0.05) is 47.5 Å². The molecular formula is C16H33NO. The highest BCUT2D eigenvalue weighted by Gasteiger charge is 2.31. The van der Waals surface area contributed by atoms with Gasteiger partial charge in [-0.3, -0.25) is 0 Å². The Hall–Kier alpha value is -0.0800. The van der Waals surface area contributed by atoms with Crippen LogP contribution in [0.1, 0.15) is 66.7 Å². The van der Waals surface area contributed by atoms with Crippen LogP contribution >= 0.6 is 0 Å². The summed E-state index contributed by atoms with van der Waals surface area (Å²) in [5.41, 5.74) is 0.630. The molecular weight excluding hydrogens is 222 g/mol. The van der Waals surface area contributed by atoms with Crippen LogP contribution in [0.5, 0.6) is 0 Å². The third-order valence-electron chi connectivity index (χ3n) is 5.14. The van der Waals surface area contributed by atoms with E-state index in [2.05, 4.69) is 39.5 Å². The van der Waals surface area contributed by atoms with Gasteiger partial charge in [0.2, 0.25) is 0 Å². The van der Waals surface area contributed by atoms with Crippen LogP contribution in [0.2, 0.25) is 0 Å². The van der Waals surface area contributed by atoms with E-state index < -0.39 is 0 Å². The molecule has 0 saturated carbocycles. The number of aliphatic hydroxyl groups is 1. The van der Waals surface area contributed by atoms with E-state index in [0.717, 1.165) is 13.0 Å². The molecule has 1 unspecified atom stereocenters. The van der Waals surface area contributed by atoms with Crippen molar-refractivity contribution < 1.29 is 5.11 Å². The third-order valence-corrected chi connectivity index (χ3v) is 5.14. The second-order valence-corrected chi connectivity index (χ2v) is 7.22. The average molecular weight is 255 g/mol. The summed E-state index contributed by atoms with van der Waals surface area (Å²) in [5, 5.41) is 10.1. The molecule has 0 spiro atoms. The molecule has 1 atom stereocenters. The summed E-state index contributed by atoms with van der Waals surface area (Å²) in [6.07, 6.45) is 6.05. The van der Waals surface area contributed by atoms with E-state index in [1.54, 1.807) is 0 Å². The molecule has 1 aliphatic rings. The second-order valence-electron chi connectivity index (χ2n) is 7.22. The van der Waals surface area contributed by atoms with Crippen molar-refractivity contribution >= 4 is 0 Å². The number of rotatable bonds is 5. The van der Waals surface area contributed by atoms with E-state index in [4.69, 9.17) is 0 Å². The highest BCUT2D eigenvalue weighted by atomic mass is 16.3. The molecule has 108 valence electrons. The quantitative estimate of drug-likeness (QED) is 0.810. The van der Waals surface area contributed by atoms with Crippen LogP contribution in [0.15, 0.2) is 0 Å². The van der Waals surface area contributed by atoms with E-state index in [1.165, 1.54) is 38.8 Å². The first-order valence-corrected chi connectivity index (χ1v) is 7.73. The molecule has 18 heavy (non-hydrogen) atoms. The van der Waals surface area contributed by atoms with Crippen LogP contribution in [0, 0.1) is 10.8 Å². The molecule has 0 radical (unpaired) electrons.